The smallest absolute Gasteiger partial charge is 0.747 e. The van der Waals surface area contributed by atoms with Crippen LogP contribution in [0.15, 0.2) is 0 Å². The van der Waals surface area contributed by atoms with Gasteiger partial charge in [-0.2, -0.15) is 0 Å². The van der Waals surface area contributed by atoms with Gasteiger partial charge in [-0.3, -0.25) is 5.21 Å². The Morgan fingerprint density at radius 2 is 1.06 bits per heavy atom. The molecule has 0 radical (unpaired) electrons. The summed E-state index contributed by atoms with van der Waals surface area (Å²) in [6, 6.07) is -5.40. The molecule has 9 N–H and O–H groups in total. The van der Waals surface area contributed by atoms with Gasteiger partial charge in [0.05, 0.1) is 0 Å². The van der Waals surface area contributed by atoms with Crippen LogP contribution in [0.4, 0.5) is 19.2 Å². The van der Waals surface area contributed by atoms with E-state index in [-0.39, 0.29) is 56.4 Å². The second-order valence-corrected chi connectivity index (χ2v) is 1.96. The summed E-state index contributed by atoms with van der Waals surface area (Å²) < 4.78 is 0. The fourth-order valence-electron chi connectivity index (χ4n) is 0.217. The van der Waals surface area contributed by atoms with E-state index < -0.39 is 29.2 Å². The first-order valence-electron chi connectivity index (χ1n) is 3.25. The summed E-state index contributed by atoms with van der Waals surface area (Å²) in [6.45, 7) is 0. The number of carbonyl (C=O) groups is 4. The minimum Gasteiger partial charge on any atom is -0.747 e. The van der Waals surface area contributed by atoms with Crippen LogP contribution < -0.4 is 74.3 Å². The van der Waals surface area contributed by atoms with Crippen molar-refractivity contribution in [3.05, 3.63) is 5.21 Å². The van der Waals surface area contributed by atoms with Crippen LogP contribution in [0.25, 0.3) is 0 Å². The van der Waals surface area contributed by atoms with E-state index in [9.17, 15) is 24.4 Å². The topological polar surface area (TPSA) is 222 Å². The van der Waals surface area contributed by atoms with Gasteiger partial charge in [-0.25, -0.2) is 19.2 Å². The van der Waals surface area contributed by atoms with E-state index in [1.807, 2.05) is 0 Å². The van der Waals surface area contributed by atoms with E-state index in [2.05, 4.69) is 22.9 Å². The molecular formula is C4H9KN6O6. The van der Waals surface area contributed by atoms with Gasteiger partial charge < -0.3 is 33.2 Å². The number of urea groups is 4. The number of amides is 8. The Bertz CT molecular complexity index is 251. The Balaban J connectivity index is -0.000000218. The third-order valence-electron chi connectivity index (χ3n) is 0.818. The van der Waals surface area contributed by atoms with Gasteiger partial charge in [-0.1, -0.05) is 0 Å². The molecule has 13 heteroatoms. The molecule has 12 nitrogen and oxygen atoms in total. The summed E-state index contributed by atoms with van der Waals surface area (Å²) in [7, 11) is 0. The summed E-state index contributed by atoms with van der Waals surface area (Å²) in [5.74, 6) is 0. The molecule has 0 aliphatic rings. The Kier molecular flexibility index (Phi) is 12.8. The maximum Gasteiger partial charge on any atom is 1.00 e. The minimum atomic E-state index is -1.41. The summed E-state index contributed by atoms with van der Waals surface area (Å²) in [6.07, 6.45) is 0. The first-order valence-corrected chi connectivity index (χ1v) is 3.25. The molecule has 0 aromatic heterocycles. The standard InChI is InChI=1S/C2H5N3O3.C2H4N3O3.K/c2*3-1(6)5(8)2(4)7;/h8H,(H2,3,6)(H2,4,7);(H2,3,6)(H2,4,7);/q;-1;+1. The molecule has 0 atom stereocenters. The molecule has 0 aliphatic carbocycles. The van der Waals surface area contributed by atoms with E-state index in [0.29, 0.717) is 0 Å². The number of hydrogen-bond acceptors (Lipinski definition) is 6. The van der Waals surface area contributed by atoms with Gasteiger partial charge in [0, 0.05) is 0 Å². The zero-order valence-corrected chi connectivity index (χ0v) is 11.8. The van der Waals surface area contributed by atoms with Crippen LogP contribution in [0.1, 0.15) is 0 Å². The molecule has 0 aromatic rings. The second-order valence-electron chi connectivity index (χ2n) is 1.96. The molecule has 0 unspecified atom stereocenters. The van der Waals surface area contributed by atoms with Crippen molar-refractivity contribution in [3.63, 3.8) is 0 Å². The number of nitrogens with zero attached hydrogens (tertiary/aromatic N) is 2. The van der Waals surface area contributed by atoms with Crippen molar-refractivity contribution < 1.29 is 75.8 Å². The van der Waals surface area contributed by atoms with Gasteiger partial charge in [0.15, 0.2) is 0 Å². The molecule has 0 aromatic carbocycles. The number of carbonyl (C=O) groups excluding carboxylic acids is 4. The zero-order chi connectivity index (χ0) is 13.5. The summed E-state index contributed by atoms with van der Waals surface area (Å²) in [4.78, 5) is 38.8. The Morgan fingerprint density at radius 1 is 0.824 bits per heavy atom. The molecule has 0 saturated heterocycles. The number of rotatable bonds is 0. The predicted octanol–water partition coefficient (Wildman–Crippen LogP) is -5.22. The van der Waals surface area contributed by atoms with Gasteiger partial charge in [-0.05, 0) is 0 Å². The van der Waals surface area contributed by atoms with E-state index in [1.54, 1.807) is 0 Å². The molecule has 0 fully saturated rings. The average Bonchev–Trinajstić information content (AvgIpc) is 2.15. The first-order chi connectivity index (χ1) is 7.11. The molecule has 8 amide bonds. The Morgan fingerprint density at radius 3 is 1.06 bits per heavy atom. The number of hydrogen-bond donors (Lipinski definition) is 5. The SMILES string of the molecule is NC(=O)N(O)C(N)=O.NC(=O)N([O-])C(N)=O.[K+]. The quantitative estimate of drug-likeness (QED) is 0.165. The van der Waals surface area contributed by atoms with Gasteiger partial charge >= 0.3 is 75.5 Å². The third kappa shape index (κ3) is 11.3. The normalized spacial score (nSPS) is 7.65. The van der Waals surface area contributed by atoms with Gasteiger partial charge in [-0.15, -0.1) is 5.06 Å². The minimum absolute atomic E-state index is 0. The van der Waals surface area contributed by atoms with Crippen LogP contribution in [0.3, 0.4) is 0 Å². The fraction of sp³-hybridized carbons (Fsp3) is 0. The fourth-order valence-corrected chi connectivity index (χ4v) is 0.217. The maximum absolute atomic E-state index is 9.81. The summed E-state index contributed by atoms with van der Waals surface area (Å²) in [5, 5.41) is 16.9. The predicted molar refractivity (Wildman–Crippen MR) is 47.2 cm³/mol. The second kappa shape index (κ2) is 10.2. The van der Waals surface area contributed by atoms with E-state index >= 15 is 0 Å². The van der Waals surface area contributed by atoms with Gasteiger partial charge in [0.25, 0.3) is 0 Å². The third-order valence-corrected chi connectivity index (χ3v) is 0.818. The van der Waals surface area contributed by atoms with Crippen molar-refractivity contribution in [2.45, 2.75) is 0 Å². The van der Waals surface area contributed by atoms with Gasteiger partial charge in [0.2, 0.25) is 0 Å². The molecule has 0 spiro atoms. The average molecular weight is 276 g/mol. The zero-order valence-electron chi connectivity index (χ0n) is 8.69. The molecule has 0 saturated carbocycles. The van der Waals surface area contributed by atoms with E-state index in [4.69, 9.17) is 5.21 Å². The molecule has 0 heterocycles. The number of primary amides is 4. The number of hydroxylamine groups is 4. The van der Waals surface area contributed by atoms with E-state index in [1.165, 1.54) is 0 Å². The van der Waals surface area contributed by atoms with Crippen molar-refractivity contribution in [3.8, 4) is 0 Å². The molecule has 92 valence electrons. The number of nitrogens with two attached hydrogens (primary N) is 4. The van der Waals surface area contributed by atoms with Crippen molar-refractivity contribution in [1.29, 1.82) is 0 Å². The monoisotopic (exact) mass is 276 g/mol. The molecule has 0 bridgehead atoms. The van der Waals surface area contributed by atoms with Crippen molar-refractivity contribution in [2.24, 2.45) is 22.9 Å². The van der Waals surface area contributed by atoms with Crippen molar-refractivity contribution in [1.82, 2.24) is 10.1 Å². The Hall–Kier alpha value is -0.964. The van der Waals surface area contributed by atoms with Crippen LogP contribution >= 0.6 is 0 Å². The van der Waals surface area contributed by atoms with Crippen LogP contribution in [0.5, 0.6) is 0 Å². The maximum atomic E-state index is 9.81. The van der Waals surface area contributed by atoms with Crippen LogP contribution in [0, 0.1) is 5.21 Å². The first kappa shape index (κ1) is 21.3. The molecule has 0 aliphatic heterocycles. The van der Waals surface area contributed by atoms with Gasteiger partial charge in [0.1, 0.15) is 0 Å². The van der Waals surface area contributed by atoms with Crippen LogP contribution in [-0.4, -0.2) is 39.5 Å². The van der Waals surface area contributed by atoms with Crippen molar-refractivity contribution >= 4 is 24.1 Å². The number of imide groups is 2. The van der Waals surface area contributed by atoms with Crippen LogP contribution in [0.2, 0.25) is 0 Å². The summed E-state index contributed by atoms with van der Waals surface area (Å²) in [5.41, 5.74) is 17.4. The largest absolute Gasteiger partial charge is 1.00 e. The van der Waals surface area contributed by atoms with E-state index in [0.717, 1.165) is 0 Å². The molecule has 17 heavy (non-hydrogen) atoms. The summed E-state index contributed by atoms with van der Waals surface area (Å²) >= 11 is 0. The van der Waals surface area contributed by atoms with Crippen molar-refractivity contribution in [2.75, 3.05) is 0 Å². The Labute approximate surface area is 137 Å². The molecule has 0 rings (SSSR count). The van der Waals surface area contributed by atoms with Crippen LogP contribution in [-0.2, 0) is 0 Å². The molecular weight excluding hydrogens is 267 g/mol.